The maximum absolute atomic E-state index is 13.1. The molecule has 55 heavy (non-hydrogen) atoms. The molecule has 0 rings (SSSR count). The Kier molecular flexibility index (Phi) is 40.8. The molecular formula is C49H87NO5. The summed E-state index contributed by atoms with van der Waals surface area (Å²) in [6.45, 7) is 6.29. The largest absolute Gasteiger partial charge is 0.458 e. The molecule has 0 aromatic carbocycles. The monoisotopic (exact) mass is 770 g/mol. The molecule has 0 saturated heterocycles. The first-order valence-corrected chi connectivity index (χ1v) is 23.0. The minimum Gasteiger partial charge on any atom is -0.458 e. The van der Waals surface area contributed by atoms with Gasteiger partial charge in [0.05, 0.1) is 25.2 Å². The molecule has 0 saturated carbocycles. The summed E-state index contributed by atoms with van der Waals surface area (Å²) in [5.74, 6) is -0.629. The average molecular weight is 770 g/mol. The Morgan fingerprint density at radius 3 is 1.38 bits per heavy atom. The van der Waals surface area contributed by atoms with Crippen LogP contribution >= 0.6 is 0 Å². The van der Waals surface area contributed by atoms with Crippen LogP contribution in [0.1, 0.15) is 213 Å². The number of carbonyl (C=O) groups is 2. The van der Waals surface area contributed by atoms with Gasteiger partial charge in [0.25, 0.3) is 0 Å². The van der Waals surface area contributed by atoms with Gasteiger partial charge >= 0.3 is 5.97 Å². The Balaban J connectivity index is 4.77. The highest BCUT2D eigenvalue weighted by molar-refractivity contribution is 5.78. The maximum atomic E-state index is 13.1. The van der Waals surface area contributed by atoms with Gasteiger partial charge in [0.2, 0.25) is 5.91 Å². The van der Waals surface area contributed by atoms with Gasteiger partial charge in [-0.05, 0) is 51.0 Å². The van der Waals surface area contributed by atoms with E-state index >= 15 is 0 Å². The maximum Gasteiger partial charge on any atom is 0.306 e. The van der Waals surface area contributed by atoms with Crippen LogP contribution in [-0.2, 0) is 14.3 Å². The zero-order valence-electron chi connectivity index (χ0n) is 36.0. The number of aliphatic hydroxyl groups excluding tert-OH is 2. The van der Waals surface area contributed by atoms with Crippen molar-refractivity contribution < 1.29 is 24.5 Å². The number of esters is 1. The van der Waals surface area contributed by atoms with E-state index in [9.17, 15) is 19.8 Å². The van der Waals surface area contributed by atoms with Gasteiger partial charge in [-0.15, -0.1) is 0 Å². The highest BCUT2D eigenvalue weighted by Gasteiger charge is 2.23. The predicted molar refractivity (Wildman–Crippen MR) is 236 cm³/mol. The Hall–Kier alpha value is -2.44. The number of ether oxygens (including phenoxy) is 1. The van der Waals surface area contributed by atoms with Crippen molar-refractivity contribution in [2.75, 3.05) is 6.61 Å². The first-order chi connectivity index (χ1) is 27.0. The second-order valence-corrected chi connectivity index (χ2v) is 15.4. The van der Waals surface area contributed by atoms with Gasteiger partial charge in [0, 0.05) is 6.42 Å². The molecule has 3 atom stereocenters. The summed E-state index contributed by atoms with van der Waals surface area (Å²) >= 11 is 0. The molecule has 0 aromatic rings. The summed E-state index contributed by atoms with van der Waals surface area (Å²) in [6, 6.07) is -0.739. The molecule has 0 aliphatic rings. The molecule has 0 heterocycles. The Morgan fingerprint density at radius 2 is 0.945 bits per heavy atom. The van der Waals surface area contributed by atoms with Gasteiger partial charge in [-0.25, -0.2) is 0 Å². The summed E-state index contributed by atoms with van der Waals surface area (Å²) in [6.07, 6.45) is 51.7. The first-order valence-electron chi connectivity index (χ1n) is 23.0. The Labute approximate surface area is 339 Å². The fraction of sp³-hybridized carbons (Fsp3) is 0.755. The van der Waals surface area contributed by atoms with Crippen LogP contribution in [0.5, 0.6) is 0 Å². The average Bonchev–Trinajstić information content (AvgIpc) is 3.18. The van der Waals surface area contributed by atoms with Crippen LogP contribution in [0.25, 0.3) is 0 Å². The zero-order valence-corrected chi connectivity index (χ0v) is 36.0. The van der Waals surface area contributed by atoms with Gasteiger partial charge in [0.15, 0.2) is 0 Å². The standard InChI is InChI=1S/C49H87NO5/c1-4-7-10-13-16-19-21-23-25-26-29-31-34-37-40-45(55-49(54)42-39-36-33-30-27-24-22-20-17-14-11-8-5-2)43-48(53)50-46(44-51)47(52)41-38-35-32-28-18-15-12-9-6-3/h7,10,16,19,23,25,29,31,37,40,45-47,51-52H,4-6,8-9,11-15,17-18,20-22,24,26-28,30,32-36,38-39,41-44H2,1-3H3,(H,50,53)/b10-7+,19-16+,25-23+,31-29+,40-37+. The van der Waals surface area contributed by atoms with Gasteiger partial charge in [0.1, 0.15) is 6.10 Å². The van der Waals surface area contributed by atoms with Crippen LogP contribution < -0.4 is 5.32 Å². The second kappa shape index (κ2) is 42.7. The van der Waals surface area contributed by atoms with Crippen LogP contribution in [-0.4, -0.2) is 46.9 Å². The number of rotatable bonds is 40. The van der Waals surface area contributed by atoms with Gasteiger partial charge in [-0.1, -0.05) is 210 Å². The van der Waals surface area contributed by atoms with Crippen molar-refractivity contribution in [2.45, 2.75) is 232 Å². The number of nitrogens with one attached hydrogen (secondary N) is 1. The Morgan fingerprint density at radius 1 is 0.545 bits per heavy atom. The normalized spacial score (nSPS) is 13.9. The minimum absolute atomic E-state index is 0.0453. The van der Waals surface area contributed by atoms with Crippen molar-refractivity contribution in [3.8, 4) is 0 Å². The molecule has 0 spiro atoms. The summed E-state index contributed by atoms with van der Waals surface area (Å²) < 4.78 is 5.79. The van der Waals surface area contributed by atoms with E-state index in [4.69, 9.17) is 4.74 Å². The van der Waals surface area contributed by atoms with Crippen LogP contribution in [0.4, 0.5) is 0 Å². The van der Waals surface area contributed by atoms with Crippen LogP contribution in [0.3, 0.4) is 0 Å². The molecule has 6 nitrogen and oxygen atoms in total. The van der Waals surface area contributed by atoms with E-state index in [2.05, 4.69) is 74.7 Å². The number of amides is 1. The summed E-state index contributed by atoms with van der Waals surface area (Å²) in [5.41, 5.74) is 0. The smallest absolute Gasteiger partial charge is 0.306 e. The lowest BCUT2D eigenvalue weighted by molar-refractivity contribution is -0.148. The van der Waals surface area contributed by atoms with Crippen molar-refractivity contribution in [3.05, 3.63) is 60.8 Å². The topological polar surface area (TPSA) is 95.9 Å². The van der Waals surface area contributed by atoms with Crippen LogP contribution in [0, 0.1) is 0 Å². The highest BCUT2D eigenvalue weighted by Crippen LogP contribution is 2.15. The Bertz CT molecular complexity index is 999. The molecule has 0 aliphatic carbocycles. The summed E-state index contributed by atoms with van der Waals surface area (Å²) in [5, 5.41) is 23.5. The number of aliphatic hydroxyl groups is 2. The third-order valence-electron chi connectivity index (χ3n) is 10.1. The van der Waals surface area contributed by atoms with E-state index < -0.39 is 18.2 Å². The van der Waals surface area contributed by atoms with Gasteiger partial charge in [-0.2, -0.15) is 0 Å². The van der Waals surface area contributed by atoms with Crippen LogP contribution in [0.15, 0.2) is 60.8 Å². The minimum atomic E-state index is -0.816. The number of unbranched alkanes of at least 4 members (excludes halogenated alkanes) is 20. The second-order valence-electron chi connectivity index (χ2n) is 15.4. The van der Waals surface area contributed by atoms with Crippen molar-refractivity contribution in [1.82, 2.24) is 5.32 Å². The zero-order chi connectivity index (χ0) is 40.3. The van der Waals surface area contributed by atoms with E-state index in [0.717, 1.165) is 64.2 Å². The molecular weight excluding hydrogens is 683 g/mol. The van der Waals surface area contributed by atoms with Crippen molar-refractivity contribution in [3.63, 3.8) is 0 Å². The third-order valence-corrected chi connectivity index (χ3v) is 10.1. The van der Waals surface area contributed by atoms with E-state index in [1.54, 1.807) is 6.08 Å². The molecule has 3 unspecified atom stereocenters. The van der Waals surface area contributed by atoms with Gasteiger partial charge in [-0.3, -0.25) is 9.59 Å². The third kappa shape index (κ3) is 38.2. The van der Waals surface area contributed by atoms with E-state index in [1.165, 1.54) is 103 Å². The lowest BCUT2D eigenvalue weighted by atomic mass is 10.0. The molecule has 0 radical (unpaired) electrons. The lowest BCUT2D eigenvalue weighted by Crippen LogP contribution is -2.46. The molecule has 6 heteroatoms. The van der Waals surface area contributed by atoms with E-state index in [0.29, 0.717) is 19.3 Å². The summed E-state index contributed by atoms with van der Waals surface area (Å²) in [7, 11) is 0. The fourth-order valence-corrected chi connectivity index (χ4v) is 6.63. The highest BCUT2D eigenvalue weighted by atomic mass is 16.5. The SMILES string of the molecule is CC/C=C/C/C=C/C/C=C/C/C=C/C/C=C/C(CC(=O)NC(CO)C(O)CCCCCCCCCCC)OC(=O)CCCCCCCCCCCCCCC. The van der Waals surface area contributed by atoms with Gasteiger partial charge < -0.3 is 20.3 Å². The van der Waals surface area contributed by atoms with E-state index in [1.807, 2.05) is 6.08 Å². The predicted octanol–water partition coefficient (Wildman–Crippen LogP) is 13.3. The number of allylic oxidation sites excluding steroid dienone is 9. The fourth-order valence-electron chi connectivity index (χ4n) is 6.63. The van der Waals surface area contributed by atoms with Crippen LogP contribution in [0.2, 0.25) is 0 Å². The quantitative estimate of drug-likeness (QED) is 0.0328. The molecule has 3 N–H and O–H groups in total. The molecule has 0 bridgehead atoms. The molecule has 0 aliphatic heterocycles. The lowest BCUT2D eigenvalue weighted by Gasteiger charge is -2.23. The molecule has 1 amide bonds. The number of carbonyl (C=O) groups excluding carboxylic acids is 2. The van der Waals surface area contributed by atoms with Crippen molar-refractivity contribution >= 4 is 11.9 Å². The first kappa shape index (κ1) is 52.6. The summed E-state index contributed by atoms with van der Waals surface area (Å²) in [4.78, 5) is 25.9. The van der Waals surface area contributed by atoms with Crippen molar-refractivity contribution in [1.29, 1.82) is 0 Å². The number of hydrogen-bond donors (Lipinski definition) is 3. The molecule has 0 aromatic heterocycles. The molecule has 318 valence electrons. The van der Waals surface area contributed by atoms with E-state index in [-0.39, 0.29) is 24.9 Å². The molecule has 0 fully saturated rings. The van der Waals surface area contributed by atoms with Crippen molar-refractivity contribution in [2.24, 2.45) is 0 Å². The number of hydrogen-bond acceptors (Lipinski definition) is 5.